The van der Waals surface area contributed by atoms with Gasteiger partial charge in [-0.05, 0) is 24.3 Å². The number of rotatable bonds is 2. The van der Waals surface area contributed by atoms with Crippen molar-refractivity contribution in [3.8, 4) is 5.75 Å². The van der Waals surface area contributed by atoms with Crippen LogP contribution in [0.4, 0.5) is 0 Å². The summed E-state index contributed by atoms with van der Waals surface area (Å²) >= 11 is 11.5. The smallest absolute Gasteiger partial charge is 0.258 e. The van der Waals surface area contributed by atoms with Crippen LogP contribution in [0.5, 0.6) is 5.75 Å². The maximum absolute atomic E-state index is 11.8. The zero-order valence-electron chi connectivity index (χ0n) is 9.61. The minimum absolute atomic E-state index is 0.0710. The molecule has 6 nitrogen and oxygen atoms in total. The van der Waals surface area contributed by atoms with Crippen molar-refractivity contribution in [2.75, 3.05) is 7.05 Å². The summed E-state index contributed by atoms with van der Waals surface area (Å²) in [7, 11) is 1.45. The van der Waals surface area contributed by atoms with Gasteiger partial charge in [0.1, 0.15) is 5.84 Å². The van der Waals surface area contributed by atoms with Gasteiger partial charge in [0, 0.05) is 0 Å². The molecule has 0 saturated carbocycles. The Morgan fingerprint density at radius 1 is 1.39 bits per heavy atom. The highest BCUT2D eigenvalue weighted by Gasteiger charge is 2.16. The molecule has 0 saturated heterocycles. The topological polar surface area (TPSA) is 86.4 Å². The predicted octanol–water partition coefficient (Wildman–Crippen LogP) is 2.84. The van der Waals surface area contributed by atoms with E-state index >= 15 is 0 Å². The molecule has 0 bridgehead atoms. The lowest BCUT2D eigenvalue weighted by atomic mass is 10.2. The molecule has 0 aliphatic rings. The molecular weight excluding hydrogens is 279 g/mol. The number of hydrogen-bond acceptors (Lipinski definition) is 4. The van der Waals surface area contributed by atoms with Crippen molar-refractivity contribution in [1.29, 1.82) is 0 Å². The lowest BCUT2D eigenvalue weighted by Crippen LogP contribution is -2.28. The van der Waals surface area contributed by atoms with E-state index in [9.17, 15) is 9.90 Å². The number of carbonyl (C=O) groups excluding carboxylic acids is 1. The van der Waals surface area contributed by atoms with Gasteiger partial charge in [-0.3, -0.25) is 4.79 Å². The quantitative estimate of drug-likeness (QED) is 0.379. The van der Waals surface area contributed by atoms with E-state index in [4.69, 9.17) is 23.2 Å². The van der Waals surface area contributed by atoms with E-state index in [-0.39, 0.29) is 27.2 Å². The van der Waals surface area contributed by atoms with Crippen LogP contribution in [-0.4, -0.2) is 23.9 Å². The van der Waals surface area contributed by atoms with Gasteiger partial charge in [0.2, 0.25) is 0 Å². The summed E-state index contributed by atoms with van der Waals surface area (Å²) in [6, 6.07) is 2.77. The van der Waals surface area contributed by atoms with Crippen LogP contribution < -0.4 is 5.32 Å². The second-order valence-electron chi connectivity index (χ2n) is 3.19. The van der Waals surface area contributed by atoms with Crippen molar-refractivity contribution in [3.63, 3.8) is 0 Å². The molecule has 0 aliphatic heterocycles. The number of nitrogens with one attached hydrogen (secondary N) is 1. The van der Waals surface area contributed by atoms with Crippen molar-refractivity contribution < 1.29 is 9.90 Å². The van der Waals surface area contributed by atoms with Gasteiger partial charge in [-0.15, -0.1) is 5.10 Å². The molecule has 2 N–H and O–H groups in total. The summed E-state index contributed by atoms with van der Waals surface area (Å²) in [4.78, 5) is 11.8. The Morgan fingerprint density at radius 2 is 2.06 bits per heavy atom. The molecule has 1 aromatic carbocycles. The number of nitrogens with zero attached hydrogens (tertiary/aromatic N) is 3. The van der Waals surface area contributed by atoms with Gasteiger partial charge >= 0.3 is 0 Å². The number of amides is 1. The molecule has 0 heterocycles. The Labute approximate surface area is 113 Å². The van der Waals surface area contributed by atoms with Crippen LogP contribution in [0.1, 0.15) is 17.3 Å². The number of amidine groups is 1. The van der Waals surface area contributed by atoms with Crippen molar-refractivity contribution >= 4 is 34.9 Å². The maximum Gasteiger partial charge on any atom is 0.258 e. The van der Waals surface area contributed by atoms with Crippen LogP contribution in [0.3, 0.4) is 0 Å². The maximum atomic E-state index is 11.8. The van der Waals surface area contributed by atoms with Gasteiger partial charge in [0.15, 0.2) is 5.75 Å². The number of phenolic OH excluding ortho intramolecular Hbond substituents is 1. The lowest BCUT2D eigenvalue weighted by molar-refractivity contribution is 0.0976. The Kier molecular flexibility index (Phi) is 5.06. The number of hydrogen-bond donors (Lipinski definition) is 2. The molecule has 8 heteroatoms. The van der Waals surface area contributed by atoms with Crippen molar-refractivity contribution in [3.05, 3.63) is 27.7 Å². The Hall–Kier alpha value is -1.66. The second-order valence-corrected chi connectivity index (χ2v) is 3.97. The summed E-state index contributed by atoms with van der Waals surface area (Å²) in [5.74, 6) is -0.621. The van der Waals surface area contributed by atoms with E-state index in [1.807, 2.05) is 0 Å². The summed E-state index contributed by atoms with van der Waals surface area (Å²) in [6.45, 7) is 1.54. The third kappa shape index (κ3) is 3.41. The van der Waals surface area contributed by atoms with Gasteiger partial charge in [0.05, 0.1) is 22.7 Å². The SMILES string of the molecule is CN=N/N=C(\C)NC(=O)c1ccc(Cl)c(O)c1Cl. The molecule has 1 rings (SSSR count). The van der Waals surface area contributed by atoms with Crippen LogP contribution >= 0.6 is 23.2 Å². The van der Waals surface area contributed by atoms with Crippen LogP contribution in [0.2, 0.25) is 10.0 Å². The van der Waals surface area contributed by atoms with Gasteiger partial charge < -0.3 is 10.4 Å². The first kappa shape index (κ1) is 14.4. The van der Waals surface area contributed by atoms with Crippen LogP contribution in [0, 0.1) is 0 Å². The van der Waals surface area contributed by atoms with E-state index < -0.39 is 5.91 Å². The molecule has 0 fully saturated rings. The average Bonchev–Trinajstić information content (AvgIpc) is 2.33. The van der Waals surface area contributed by atoms with E-state index in [1.165, 1.54) is 26.1 Å². The number of aromatic hydroxyl groups is 1. The minimum Gasteiger partial charge on any atom is -0.505 e. The highest BCUT2D eigenvalue weighted by Crippen LogP contribution is 2.34. The highest BCUT2D eigenvalue weighted by molar-refractivity contribution is 6.39. The fourth-order valence-electron chi connectivity index (χ4n) is 1.08. The Balaban J connectivity index is 2.96. The molecule has 0 aromatic heterocycles. The average molecular weight is 289 g/mol. The number of halogens is 2. The molecule has 0 radical (unpaired) electrons. The first-order valence-electron chi connectivity index (χ1n) is 4.79. The molecule has 18 heavy (non-hydrogen) atoms. The summed E-state index contributed by atoms with van der Waals surface area (Å²) in [5.41, 5.74) is 0.0848. The van der Waals surface area contributed by atoms with E-state index in [0.29, 0.717) is 0 Å². The molecule has 0 aliphatic carbocycles. The Morgan fingerprint density at radius 3 is 2.67 bits per heavy atom. The fraction of sp³-hybridized carbons (Fsp3) is 0.200. The second kappa shape index (κ2) is 6.32. The molecule has 0 spiro atoms. The third-order valence-corrected chi connectivity index (χ3v) is 2.58. The summed E-state index contributed by atoms with van der Waals surface area (Å²) in [6.07, 6.45) is 0. The lowest BCUT2D eigenvalue weighted by Gasteiger charge is -2.07. The van der Waals surface area contributed by atoms with Crippen molar-refractivity contribution in [2.24, 2.45) is 15.4 Å². The largest absolute Gasteiger partial charge is 0.505 e. The van der Waals surface area contributed by atoms with Crippen LogP contribution in [0.15, 0.2) is 27.6 Å². The number of carbonyl (C=O) groups is 1. The summed E-state index contributed by atoms with van der Waals surface area (Å²) in [5, 5.41) is 22.2. The first-order valence-corrected chi connectivity index (χ1v) is 5.54. The van der Waals surface area contributed by atoms with Gasteiger partial charge in [0.25, 0.3) is 5.91 Å². The monoisotopic (exact) mass is 288 g/mol. The summed E-state index contributed by atoms with van der Waals surface area (Å²) < 4.78 is 0. The number of phenols is 1. The molecule has 1 aromatic rings. The van der Waals surface area contributed by atoms with E-state index in [2.05, 4.69) is 20.8 Å². The third-order valence-electron chi connectivity index (χ3n) is 1.89. The molecule has 1 amide bonds. The fourth-order valence-corrected chi connectivity index (χ4v) is 1.54. The van der Waals surface area contributed by atoms with E-state index in [0.717, 1.165) is 0 Å². The van der Waals surface area contributed by atoms with Gasteiger partial charge in [-0.2, -0.15) is 5.11 Å². The zero-order chi connectivity index (χ0) is 13.7. The zero-order valence-corrected chi connectivity index (χ0v) is 11.1. The standard InChI is InChI=1S/C10H10Cl2N4O2/c1-5(15-16-13-2)14-10(18)6-3-4-7(11)9(17)8(6)12/h3-4,17H,1-2H3,(H,13,14,15,18). The van der Waals surface area contributed by atoms with Crippen LogP contribution in [0.25, 0.3) is 0 Å². The molecule has 96 valence electrons. The highest BCUT2D eigenvalue weighted by atomic mass is 35.5. The van der Waals surface area contributed by atoms with E-state index in [1.54, 1.807) is 0 Å². The van der Waals surface area contributed by atoms with Gasteiger partial charge in [-0.25, -0.2) is 0 Å². The normalized spacial score (nSPS) is 11.9. The van der Waals surface area contributed by atoms with Crippen molar-refractivity contribution in [2.45, 2.75) is 6.92 Å². The van der Waals surface area contributed by atoms with Gasteiger partial charge in [-0.1, -0.05) is 23.2 Å². The predicted molar refractivity (Wildman–Crippen MR) is 69.5 cm³/mol. The number of benzene rings is 1. The first-order chi connectivity index (χ1) is 8.47. The van der Waals surface area contributed by atoms with Crippen LogP contribution in [-0.2, 0) is 0 Å². The minimum atomic E-state index is -0.528. The molecular formula is C10H10Cl2N4O2. The molecule has 0 unspecified atom stereocenters. The van der Waals surface area contributed by atoms with Crippen molar-refractivity contribution in [1.82, 2.24) is 5.32 Å². The molecule has 0 atom stereocenters. The Bertz CT molecular complexity index is 529.